The number of aromatic amines is 1. The predicted octanol–water partition coefficient (Wildman–Crippen LogP) is 2.04. The number of hydrogen-bond donors (Lipinski definition) is 1. The molecule has 6 heteroatoms. The van der Waals surface area contributed by atoms with Crippen molar-refractivity contribution in [3.63, 3.8) is 0 Å². The van der Waals surface area contributed by atoms with Crippen LogP contribution < -0.4 is 0 Å². The largest absolute Gasteiger partial charge is 0.334 e. The van der Waals surface area contributed by atoms with Crippen molar-refractivity contribution < 1.29 is 4.79 Å². The lowest BCUT2D eigenvalue weighted by Crippen LogP contribution is -2.26. The van der Waals surface area contributed by atoms with E-state index in [2.05, 4.69) is 15.2 Å². The van der Waals surface area contributed by atoms with E-state index < -0.39 is 0 Å². The van der Waals surface area contributed by atoms with E-state index in [0.717, 1.165) is 5.82 Å². The molecule has 0 bridgehead atoms. The minimum atomic E-state index is -0.111. The Bertz CT molecular complexity index is 567. The number of carbonyl (C=O) groups is 1. The number of H-pyrrole nitrogens is 1. The highest BCUT2D eigenvalue weighted by Crippen LogP contribution is 2.13. The standard InChI is InChI=1S/C12H13ClN4O/c1-8-14-11(16-15-8)7-17(2)12(18)9-4-3-5-10(13)6-9/h3-6H,7H2,1-2H3,(H,14,15,16). The number of nitrogens with zero attached hydrogens (tertiary/aromatic N) is 3. The lowest BCUT2D eigenvalue weighted by molar-refractivity contribution is 0.0781. The number of carbonyl (C=O) groups excluding carboxylic acids is 1. The van der Waals surface area contributed by atoms with Crippen molar-refractivity contribution in [1.82, 2.24) is 20.1 Å². The van der Waals surface area contributed by atoms with Gasteiger partial charge >= 0.3 is 0 Å². The summed E-state index contributed by atoms with van der Waals surface area (Å²) in [7, 11) is 1.70. The first-order chi connectivity index (χ1) is 8.56. The highest BCUT2D eigenvalue weighted by molar-refractivity contribution is 6.30. The molecule has 1 N–H and O–H groups in total. The van der Waals surface area contributed by atoms with Gasteiger partial charge in [0.05, 0.1) is 6.54 Å². The summed E-state index contributed by atoms with van der Waals surface area (Å²) in [5, 5.41) is 7.28. The molecule has 0 saturated heterocycles. The van der Waals surface area contributed by atoms with Gasteiger partial charge in [0.2, 0.25) is 0 Å². The monoisotopic (exact) mass is 264 g/mol. The second-order valence-corrected chi connectivity index (χ2v) is 4.45. The maximum Gasteiger partial charge on any atom is 0.254 e. The van der Waals surface area contributed by atoms with Crippen molar-refractivity contribution in [3.05, 3.63) is 46.5 Å². The fourth-order valence-electron chi connectivity index (χ4n) is 1.59. The quantitative estimate of drug-likeness (QED) is 0.923. The van der Waals surface area contributed by atoms with Crippen LogP contribution in [0.25, 0.3) is 0 Å². The molecule has 0 aliphatic heterocycles. The number of aryl methyl sites for hydroxylation is 1. The van der Waals surface area contributed by atoms with Crippen molar-refractivity contribution >= 4 is 17.5 Å². The molecular weight excluding hydrogens is 252 g/mol. The number of aromatic nitrogens is 3. The van der Waals surface area contributed by atoms with Crippen LogP contribution in [0.15, 0.2) is 24.3 Å². The summed E-state index contributed by atoms with van der Waals surface area (Å²) in [4.78, 5) is 17.8. The third kappa shape index (κ3) is 2.87. The number of halogens is 1. The van der Waals surface area contributed by atoms with Crippen molar-refractivity contribution in [3.8, 4) is 0 Å². The van der Waals surface area contributed by atoms with Crippen LogP contribution in [-0.4, -0.2) is 33.0 Å². The third-order valence-electron chi connectivity index (χ3n) is 2.44. The summed E-state index contributed by atoms with van der Waals surface area (Å²) in [6, 6.07) is 6.86. The van der Waals surface area contributed by atoms with Crippen LogP contribution in [0.2, 0.25) is 5.02 Å². The first-order valence-electron chi connectivity index (χ1n) is 5.45. The molecule has 0 unspecified atom stereocenters. The SMILES string of the molecule is Cc1nc(CN(C)C(=O)c2cccc(Cl)c2)n[nH]1. The lowest BCUT2D eigenvalue weighted by Gasteiger charge is -2.15. The van der Waals surface area contributed by atoms with E-state index in [1.165, 1.54) is 0 Å². The normalized spacial score (nSPS) is 10.4. The average molecular weight is 265 g/mol. The molecule has 1 aromatic heterocycles. The summed E-state index contributed by atoms with van der Waals surface area (Å²) in [5.41, 5.74) is 0.553. The second-order valence-electron chi connectivity index (χ2n) is 4.01. The molecule has 1 amide bonds. The fraction of sp³-hybridized carbons (Fsp3) is 0.250. The molecular formula is C12H13ClN4O. The molecule has 0 radical (unpaired) electrons. The van der Waals surface area contributed by atoms with E-state index in [0.29, 0.717) is 23.0 Å². The van der Waals surface area contributed by atoms with Crippen molar-refractivity contribution in [2.24, 2.45) is 0 Å². The Morgan fingerprint density at radius 3 is 2.89 bits per heavy atom. The highest BCUT2D eigenvalue weighted by atomic mass is 35.5. The topological polar surface area (TPSA) is 61.9 Å². The summed E-state index contributed by atoms with van der Waals surface area (Å²) < 4.78 is 0. The maximum atomic E-state index is 12.1. The Hall–Kier alpha value is -1.88. The van der Waals surface area contributed by atoms with E-state index in [-0.39, 0.29) is 5.91 Å². The summed E-state index contributed by atoms with van der Waals surface area (Å²) in [6.45, 7) is 2.17. The molecule has 0 spiro atoms. The molecule has 2 aromatic rings. The van der Waals surface area contributed by atoms with Crippen molar-refractivity contribution in [1.29, 1.82) is 0 Å². The number of benzene rings is 1. The number of rotatable bonds is 3. The zero-order chi connectivity index (χ0) is 13.1. The van der Waals surface area contributed by atoms with Gasteiger partial charge in [-0.25, -0.2) is 4.98 Å². The summed E-state index contributed by atoms with van der Waals surface area (Å²) >= 11 is 5.86. The maximum absolute atomic E-state index is 12.1. The van der Waals surface area contributed by atoms with Crippen LogP contribution in [0.4, 0.5) is 0 Å². The van der Waals surface area contributed by atoms with E-state index in [1.54, 1.807) is 36.2 Å². The first kappa shape index (κ1) is 12.6. The minimum Gasteiger partial charge on any atom is -0.334 e. The van der Waals surface area contributed by atoms with Crippen LogP contribution in [0.1, 0.15) is 22.0 Å². The molecule has 1 aromatic carbocycles. The molecule has 2 rings (SSSR count). The summed E-state index contributed by atoms with van der Waals surface area (Å²) in [5.74, 6) is 1.21. The van der Waals surface area contributed by atoms with Crippen LogP contribution in [0, 0.1) is 6.92 Å². The van der Waals surface area contributed by atoms with E-state index in [4.69, 9.17) is 11.6 Å². The number of nitrogens with one attached hydrogen (secondary N) is 1. The van der Waals surface area contributed by atoms with Crippen molar-refractivity contribution in [2.45, 2.75) is 13.5 Å². The molecule has 94 valence electrons. The van der Waals surface area contributed by atoms with Crippen LogP contribution in [0.3, 0.4) is 0 Å². The van der Waals surface area contributed by atoms with Gasteiger partial charge in [-0.3, -0.25) is 9.89 Å². The van der Waals surface area contributed by atoms with Gasteiger partial charge in [0, 0.05) is 17.6 Å². The first-order valence-corrected chi connectivity index (χ1v) is 5.83. The van der Waals surface area contributed by atoms with Gasteiger partial charge < -0.3 is 4.90 Å². The van der Waals surface area contributed by atoms with E-state index >= 15 is 0 Å². The van der Waals surface area contributed by atoms with E-state index in [1.807, 2.05) is 6.92 Å². The zero-order valence-electron chi connectivity index (χ0n) is 10.1. The summed E-state index contributed by atoms with van der Waals surface area (Å²) in [6.07, 6.45) is 0. The molecule has 0 fully saturated rings. The molecule has 5 nitrogen and oxygen atoms in total. The Morgan fingerprint density at radius 1 is 1.50 bits per heavy atom. The van der Waals surface area contributed by atoms with E-state index in [9.17, 15) is 4.79 Å². The Labute approximate surface area is 110 Å². The fourth-order valence-corrected chi connectivity index (χ4v) is 1.78. The third-order valence-corrected chi connectivity index (χ3v) is 2.68. The smallest absolute Gasteiger partial charge is 0.254 e. The van der Waals surface area contributed by atoms with Gasteiger partial charge in [-0.1, -0.05) is 17.7 Å². The predicted molar refractivity (Wildman–Crippen MR) is 68.4 cm³/mol. The second kappa shape index (κ2) is 5.18. The average Bonchev–Trinajstić information content (AvgIpc) is 2.73. The van der Waals surface area contributed by atoms with Gasteiger partial charge in [0.1, 0.15) is 5.82 Å². The minimum absolute atomic E-state index is 0.111. The van der Waals surface area contributed by atoms with Crippen LogP contribution >= 0.6 is 11.6 Å². The highest BCUT2D eigenvalue weighted by Gasteiger charge is 2.14. The van der Waals surface area contributed by atoms with Gasteiger partial charge in [0.25, 0.3) is 5.91 Å². The molecule has 1 heterocycles. The molecule has 18 heavy (non-hydrogen) atoms. The van der Waals surface area contributed by atoms with Crippen LogP contribution in [0.5, 0.6) is 0 Å². The van der Waals surface area contributed by atoms with Crippen molar-refractivity contribution in [2.75, 3.05) is 7.05 Å². The molecule has 0 aliphatic carbocycles. The Morgan fingerprint density at radius 2 is 2.28 bits per heavy atom. The van der Waals surface area contributed by atoms with Gasteiger partial charge in [-0.05, 0) is 25.1 Å². The van der Waals surface area contributed by atoms with Gasteiger partial charge in [-0.2, -0.15) is 5.10 Å². The Kier molecular flexibility index (Phi) is 3.62. The lowest BCUT2D eigenvalue weighted by atomic mass is 10.2. The molecule has 0 saturated carbocycles. The molecule has 0 aliphatic rings. The Balaban J connectivity index is 2.09. The number of hydrogen-bond acceptors (Lipinski definition) is 3. The van der Waals surface area contributed by atoms with Gasteiger partial charge in [0.15, 0.2) is 5.82 Å². The molecule has 0 atom stereocenters. The van der Waals surface area contributed by atoms with Gasteiger partial charge in [-0.15, -0.1) is 0 Å². The van der Waals surface area contributed by atoms with Crippen LogP contribution in [-0.2, 0) is 6.54 Å². The zero-order valence-corrected chi connectivity index (χ0v) is 10.9. The number of amides is 1.